The second kappa shape index (κ2) is 10.1. The molecule has 0 saturated carbocycles. The third kappa shape index (κ3) is 5.35. The molecule has 0 aliphatic heterocycles. The minimum Gasteiger partial charge on any atom is -0.493 e. The van der Waals surface area contributed by atoms with E-state index in [9.17, 15) is 4.79 Å². The van der Waals surface area contributed by atoms with E-state index in [-0.39, 0.29) is 12.5 Å². The molecule has 162 valence electrons. The summed E-state index contributed by atoms with van der Waals surface area (Å²) in [6.45, 7) is -0.186. The molecule has 0 saturated heterocycles. The zero-order valence-electron chi connectivity index (χ0n) is 17.0. The van der Waals surface area contributed by atoms with Crippen molar-refractivity contribution in [1.29, 1.82) is 0 Å². The summed E-state index contributed by atoms with van der Waals surface area (Å²) in [5.74, 6) is 0.600. The van der Waals surface area contributed by atoms with E-state index in [0.717, 1.165) is 15.8 Å². The lowest BCUT2D eigenvalue weighted by atomic mass is 10.2. The summed E-state index contributed by atoms with van der Waals surface area (Å²) < 4.78 is 12.1. The highest BCUT2D eigenvalue weighted by Crippen LogP contribution is 2.28. The van der Waals surface area contributed by atoms with Gasteiger partial charge < -0.3 is 14.8 Å². The van der Waals surface area contributed by atoms with Gasteiger partial charge in [-0.2, -0.15) is 5.10 Å². The molecule has 0 spiro atoms. The molecule has 2 N–H and O–H groups in total. The number of amides is 1. The first-order valence-electron chi connectivity index (χ1n) is 9.62. The Morgan fingerprint density at radius 1 is 1.12 bits per heavy atom. The van der Waals surface area contributed by atoms with Gasteiger partial charge in [-0.05, 0) is 48.0 Å². The normalized spacial score (nSPS) is 10.9. The van der Waals surface area contributed by atoms with Gasteiger partial charge in [-0.15, -0.1) is 0 Å². The molecule has 0 bridgehead atoms. The number of methoxy groups -OCH3 is 1. The van der Waals surface area contributed by atoms with Crippen LogP contribution < -0.4 is 20.2 Å². The Labute approximate surface area is 193 Å². The number of halogens is 1. The lowest BCUT2D eigenvalue weighted by Gasteiger charge is -2.12. The topological polar surface area (TPSA) is 84.8 Å². The molecule has 0 radical (unpaired) electrons. The average molecular weight is 467 g/mol. The maximum absolute atomic E-state index is 12.2. The average Bonchev–Trinajstić information content (AvgIpc) is 3.22. The van der Waals surface area contributed by atoms with Gasteiger partial charge in [0.2, 0.25) is 5.13 Å². The summed E-state index contributed by atoms with van der Waals surface area (Å²) >= 11 is 7.58. The third-order valence-electron chi connectivity index (χ3n) is 4.36. The number of rotatable bonds is 8. The lowest BCUT2D eigenvalue weighted by molar-refractivity contribution is -0.118. The Kier molecular flexibility index (Phi) is 6.84. The van der Waals surface area contributed by atoms with Gasteiger partial charge in [-0.25, -0.2) is 4.98 Å². The molecule has 0 fully saturated rings. The summed E-state index contributed by atoms with van der Waals surface area (Å²) in [5.41, 5.74) is 5.20. The maximum atomic E-state index is 12.2. The molecule has 0 aliphatic carbocycles. The number of anilines is 2. The first kappa shape index (κ1) is 21.6. The number of thiazole rings is 1. The van der Waals surface area contributed by atoms with Crippen molar-refractivity contribution in [3.05, 3.63) is 77.3 Å². The highest BCUT2D eigenvalue weighted by molar-refractivity contribution is 7.22. The van der Waals surface area contributed by atoms with Gasteiger partial charge in [0.05, 0.1) is 34.3 Å². The van der Waals surface area contributed by atoms with Crippen LogP contribution in [0.3, 0.4) is 0 Å². The van der Waals surface area contributed by atoms with E-state index < -0.39 is 0 Å². The number of aromatic nitrogens is 1. The van der Waals surface area contributed by atoms with Crippen LogP contribution in [0, 0.1) is 0 Å². The standard InChI is InChI=1S/C23H19ClN4O3S/c1-30-20-12-15(13-25-28-23-27-18-8-4-5-9-21(18)32-23)10-11-19(20)31-14-22(29)26-17-7-3-2-6-16(17)24/h2-13H,14H2,1H3,(H,26,29)(H,27,28)/b25-13+. The number of hydrogen-bond acceptors (Lipinski definition) is 7. The van der Waals surface area contributed by atoms with Crippen LogP contribution in [0.4, 0.5) is 10.8 Å². The molecule has 9 heteroatoms. The predicted octanol–water partition coefficient (Wildman–Crippen LogP) is 5.42. The first-order valence-corrected chi connectivity index (χ1v) is 10.8. The number of ether oxygens (including phenoxy) is 2. The van der Waals surface area contributed by atoms with Crippen LogP contribution in [0.2, 0.25) is 5.02 Å². The summed E-state index contributed by atoms with van der Waals surface area (Å²) in [7, 11) is 1.53. The molecule has 1 amide bonds. The van der Waals surface area contributed by atoms with Crippen LogP contribution >= 0.6 is 22.9 Å². The molecular formula is C23H19ClN4O3S. The molecular weight excluding hydrogens is 448 g/mol. The van der Waals surface area contributed by atoms with Crippen LogP contribution in [0.15, 0.2) is 71.8 Å². The Hall–Kier alpha value is -3.62. The zero-order chi connectivity index (χ0) is 22.3. The molecule has 1 aromatic heterocycles. The number of nitrogens with one attached hydrogen (secondary N) is 2. The van der Waals surface area contributed by atoms with Crippen molar-refractivity contribution in [3.63, 3.8) is 0 Å². The number of hydrazone groups is 1. The van der Waals surface area contributed by atoms with E-state index in [1.54, 1.807) is 42.6 Å². The second-order valence-electron chi connectivity index (χ2n) is 6.58. The zero-order valence-corrected chi connectivity index (χ0v) is 18.6. The van der Waals surface area contributed by atoms with Gasteiger partial charge >= 0.3 is 0 Å². The summed E-state index contributed by atoms with van der Waals surface area (Å²) in [5, 5.41) is 8.12. The lowest BCUT2D eigenvalue weighted by Crippen LogP contribution is -2.20. The quantitative estimate of drug-likeness (QED) is 0.267. The molecule has 0 aliphatic rings. The highest BCUT2D eigenvalue weighted by atomic mass is 35.5. The maximum Gasteiger partial charge on any atom is 0.262 e. The number of carbonyl (C=O) groups is 1. The van der Waals surface area contributed by atoms with Crippen molar-refractivity contribution in [3.8, 4) is 11.5 Å². The molecule has 32 heavy (non-hydrogen) atoms. The van der Waals surface area contributed by atoms with E-state index in [2.05, 4.69) is 20.8 Å². The van der Waals surface area contributed by atoms with E-state index >= 15 is 0 Å². The van der Waals surface area contributed by atoms with Crippen LogP contribution in [0.1, 0.15) is 5.56 Å². The molecule has 7 nitrogen and oxygen atoms in total. The summed E-state index contributed by atoms with van der Waals surface area (Å²) in [4.78, 5) is 16.6. The van der Waals surface area contributed by atoms with Gasteiger partial charge in [0.1, 0.15) is 0 Å². The van der Waals surface area contributed by atoms with E-state index in [1.807, 2.05) is 30.3 Å². The van der Waals surface area contributed by atoms with E-state index in [1.165, 1.54) is 18.4 Å². The molecule has 4 rings (SSSR count). The van der Waals surface area contributed by atoms with Crippen molar-refractivity contribution >= 4 is 56.1 Å². The number of carbonyl (C=O) groups excluding carboxylic acids is 1. The number of hydrogen-bond donors (Lipinski definition) is 2. The second-order valence-corrected chi connectivity index (χ2v) is 8.02. The molecule has 0 unspecified atom stereocenters. The van der Waals surface area contributed by atoms with Crippen LogP contribution in [0.25, 0.3) is 10.2 Å². The minimum atomic E-state index is -0.328. The van der Waals surface area contributed by atoms with Gasteiger partial charge in [0.15, 0.2) is 18.1 Å². The van der Waals surface area contributed by atoms with Crippen LogP contribution in [0.5, 0.6) is 11.5 Å². The Bertz CT molecular complexity index is 1240. The van der Waals surface area contributed by atoms with Gasteiger partial charge in [0.25, 0.3) is 5.91 Å². The Morgan fingerprint density at radius 2 is 1.94 bits per heavy atom. The largest absolute Gasteiger partial charge is 0.493 e. The highest BCUT2D eigenvalue weighted by Gasteiger charge is 2.10. The van der Waals surface area contributed by atoms with Crippen molar-refractivity contribution in [2.45, 2.75) is 0 Å². The monoisotopic (exact) mass is 466 g/mol. The number of benzene rings is 3. The van der Waals surface area contributed by atoms with Crippen molar-refractivity contribution in [1.82, 2.24) is 4.98 Å². The van der Waals surface area contributed by atoms with Crippen molar-refractivity contribution < 1.29 is 14.3 Å². The van der Waals surface area contributed by atoms with Crippen LogP contribution in [-0.2, 0) is 4.79 Å². The van der Waals surface area contributed by atoms with Gasteiger partial charge in [0, 0.05) is 0 Å². The Balaban J connectivity index is 1.36. The SMILES string of the molecule is COc1cc(/C=N/Nc2nc3ccccc3s2)ccc1OCC(=O)Nc1ccccc1Cl. The number of nitrogens with zero attached hydrogens (tertiary/aromatic N) is 2. The number of fused-ring (bicyclic) bond motifs is 1. The predicted molar refractivity (Wildman–Crippen MR) is 129 cm³/mol. The fraction of sp³-hybridized carbons (Fsp3) is 0.0870. The smallest absolute Gasteiger partial charge is 0.262 e. The number of para-hydroxylation sites is 2. The summed E-state index contributed by atoms with van der Waals surface area (Å²) in [6, 6.07) is 20.2. The van der Waals surface area contributed by atoms with Crippen LogP contribution in [-0.4, -0.2) is 30.8 Å². The molecule has 0 atom stereocenters. The van der Waals surface area contributed by atoms with Crippen molar-refractivity contribution in [2.24, 2.45) is 5.10 Å². The van der Waals surface area contributed by atoms with E-state index in [4.69, 9.17) is 21.1 Å². The fourth-order valence-electron chi connectivity index (χ4n) is 2.86. The van der Waals surface area contributed by atoms with E-state index in [0.29, 0.717) is 27.3 Å². The molecule has 1 heterocycles. The minimum absolute atomic E-state index is 0.186. The Morgan fingerprint density at radius 3 is 2.75 bits per heavy atom. The third-order valence-corrected chi connectivity index (χ3v) is 5.63. The molecule has 3 aromatic carbocycles. The first-order chi connectivity index (χ1) is 15.6. The van der Waals surface area contributed by atoms with Crippen molar-refractivity contribution in [2.75, 3.05) is 24.5 Å². The van der Waals surface area contributed by atoms with Gasteiger partial charge in [-0.3, -0.25) is 10.2 Å². The summed E-state index contributed by atoms with van der Waals surface area (Å²) in [6.07, 6.45) is 1.66. The fourth-order valence-corrected chi connectivity index (χ4v) is 3.86. The molecule has 4 aromatic rings. The van der Waals surface area contributed by atoms with Gasteiger partial charge in [-0.1, -0.05) is 47.2 Å².